The number of aromatic nitrogens is 2. The fourth-order valence-corrected chi connectivity index (χ4v) is 1.81. The molecule has 1 heterocycles. The quantitative estimate of drug-likeness (QED) is 0.722. The molecule has 0 aromatic carbocycles. The predicted molar refractivity (Wildman–Crippen MR) is 75.1 cm³/mol. The maximum absolute atomic E-state index is 11.7. The van der Waals surface area contributed by atoms with Crippen molar-refractivity contribution in [1.82, 2.24) is 15.1 Å². The second kappa shape index (κ2) is 7.25. The molecule has 1 aromatic heterocycles. The van der Waals surface area contributed by atoms with Gasteiger partial charge in [-0.15, -0.1) is 0 Å². The zero-order chi connectivity index (χ0) is 14.4. The van der Waals surface area contributed by atoms with Crippen LogP contribution in [0.1, 0.15) is 6.92 Å². The second-order valence-corrected chi connectivity index (χ2v) is 4.74. The van der Waals surface area contributed by atoms with E-state index in [4.69, 9.17) is 4.74 Å². The molecule has 8 heteroatoms. The van der Waals surface area contributed by atoms with E-state index in [0.717, 1.165) is 0 Å². The number of nitrogens with one attached hydrogen (secondary N) is 2. The molecule has 106 valence electrons. The van der Waals surface area contributed by atoms with Crippen LogP contribution in [0.5, 0.6) is 0 Å². The van der Waals surface area contributed by atoms with Crippen molar-refractivity contribution < 1.29 is 9.53 Å². The first kappa shape index (κ1) is 15.6. The van der Waals surface area contributed by atoms with Gasteiger partial charge in [-0.2, -0.15) is 5.10 Å². The van der Waals surface area contributed by atoms with E-state index in [1.807, 2.05) is 0 Å². The molecule has 7 nitrogen and oxygen atoms in total. The number of amides is 1. The first-order valence-corrected chi connectivity index (χ1v) is 6.51. The number of anilines is 1. The fourth-order valence-electron chi connectivity index (χ4n) is 1.34. The van der Waals surface area contributed by atoms with E-state index >= 15 is 0 Å². The Morgan fingerprint density at radius 3 is 2.95 bits per heavy atom. The van der Waals surface area contributed by atoms with Crippen LogP contribution in [0.15, 0.2) is 15.5 Å². The van der Waals surface area contributed by atoms with E-state index in [0.29, 0.717) is 23.3 Å². The number of halogens is 1. The van der Waals surface area contributed by atoms with Crippen LogP contribution in [0.3, 0.4) is 0 Å². The molecule has 0 radical (unpaired) electrons. The molecule has 1 unspecified atom stereocenters. The van der Waals surface area contributed by atoms with Gasteiger partial charge in [-0.3, -0.25) is 9.59 Å². The van der Waals surface area contributed by atoms with Gasteiger partial charge in [-0.1, -0.05) is 0 Å². The number of hydrogen-bond donors (Lipinski definition) is 2. The summed E-state index contributed by atoms with van der Waals surface area (Å²) in [6.07, 6.45) is 1.49. The van der Waals surface area contributed by atoms with Crippen molar-refractivity contribution in [2.24, 2.45) is 7.05 Å². The smallest absolute Gasteiger partial charge is 0.282 e. The number of rotatable bonds is 6. The predicted octanol–water partition coefficient (Wildman–Crippen LogP) is 0.106. The summed E-state index contributed by atoms with van der Waals surface area (Å²) in [5.74, 6) is -0.176. The zero-order valence-electron chi connectivity index (χ0n) is 11.1. The Labute approximate surface area is 119 Å². The van der Waals surface area contributed by atoms with Gasteiger partial charge in [0.1, 0.15) is 10.5 Å². The highest BCUT2D eigenvalue weighted by Gasteiger charge is 2.15. The molecule has 0 aliphatic rings. The number of carbonyl (C=O) groups is 1. The summed E-state index contributed by atoms with van der Waals surface area (Å²) in [7, 11) is 3.12. The van der Waals surface area contributed by atoms with Gasteiger partial charge >= 0.3 is 0 Å². The lowest BCUT2D eigenvalue weighted by atomic mass is 10.3. The van der Waals surface area contributed by atoms with E-state index in [2.05, 4.69) is 31.7 Å². The molecule has 1 rings (SSSR count). The topological polar surface area (TPSA) is 85.2 Å². The van der Waals surface area contributed by atoms with Crippen LogP contribution in [-0.4, -0.2) is 42.0 Å². The van der Waals surface area contributed by atoms with Gasteiger partial charge in [0.05, 0.1) is 18.5 Å². The summed E-state index contributed by atoms with van der Waals surface area (Å²) in [6.45, 7) is 2.60. The lowest BCUT2D eigenvalue weighted by Gasteiger charge is -2.15. The summed E-state index contributed by atoms with van der Waals surface area (Å²) in [4.78, 5) is 23.4. The molecule has 1 aromatic rings. The maximum Gasteiger partial charge on any atom is 0.282 e. The highest BCUT2D eigenvalue weighted by molar-refractivity contribution is 9.10. The van der Waals surface area contributed by atoms with Gasteiger partial charge < -0.3 is 15.4 Å². The Morgan fingerprint density at radius 2 is 2.32 bits per heavy atom. The third-order valence-electron chi connectivity index (χ3n) is 2.45. The number of methoxy groups -OCH3 is 1. The van der Waals surface area contributed by atoms with Crippen LogP contribution in [0.4, 0.5) is 5.69 Å². The highest BCUT2D eigenvalue weighted by Crippen LogP contribution is 2.16. The fraction of sp³-hybridized carbons (Fsp3) is 0.545. The molecule has 0 aliphatic heterocycles. The monoisotopic (exact) mass is 332 g/mol. The molecule has 0 saturated heterocycles. The third kappa shape index (κ3) is 4.32. The Kier molecular flexibility index (Phi) is 5.97. The number of hydrogen-bond acceptors (Lipinski definition) is 5. The molecule has 0 bridgehead atoms. The Bertz CT molecular complexity index is 503. The van der Waals surface area contributed by atoms with Crippen LogP contribution in [0.2, 0.25) is 0 Å². The van der Waals surface area contributed by atoms with Crippen LogP contribution in [-0.2, 0) is 16.6 Å². The second-order valence-electron chi connectivity index (χ2n) is 3.95. The molecule has 1 amide bonds. The van der Waals surface area contributed by atoms with Gasteiger partial charge in [0, 0.05) is 20.7 Å². The Morgan fingerprint density at radius 1 is 1.63 bits per heavy atom. The van der Waals surface area contributed by atoms with Crippen LogP contribution < -0.4 is 16.2 Å². The molecule has 0 saturated carbocycles. The largest absolute Gasteiger partial charge is 0.383 e. The molecule has 0 fully saturated rings. The van der Waals surface area contributed by atoms with Crippen molar-refractivity contribution in [3.8, 4) is 0 Å². The molecule has 0 spiro atoms. The van der Waals surface area contributed by atoms with Gasteiger partial charge in [0.2, 0.25) is 5.91 Å². The average molecular weight is 333 g/mol. The Hall–Kier alpha value is -1.41. The minimum absolute atomic E-state index is 0.176. The number of ether oxygens (including phenoxy) is 1. The molecular weight excluding hydrogens is 316 g/mol. The first-order valence-electron chi connectivity index (χ1n) is 5.72. The van der Waals surface area contributed by atoms with Crippen molar-refractivity contribution in [1.29, 1.82) is 0 Å². The number of aryl methyl sites for hydroxylation is 1. The van der Waals surface area contributed by atoms with Crippen molar-refractivity contribution in [2.45, 2.75) is 13.0 Å². The third-order valence-corrected chi connectivity index (χ3v) is 3.22. The Balaban J connectivity index is 2.67. The van der Waals surface area contributed by atoms with Crippen molar-refractivity contribution in [3.05, 3.63) is 21.0 Å². The van der Waals surface area contributed by atoms with E-state index in [1.54, 1.807) is 21.1 Å². The summed E-state index contributed by atoms with van der Waals surface area (Å²) in [5.41, 5.74) is 0.217. The van der Waals surface area contributed by atoms with E-state index < -0.39 is 6.04 Å². The van der Waals surface area contributed by atoms with Gasteiger partial charge in [0.25, 0.3) is 5.56 Å². The number of carbonyl (C=O) groups excluding carboxylic acids is 1. The maximum atomic E-state index is 11.7. The summed E-state index contributed by atoms with van der Waals surface area (Å²) >= 11 is 3.18. The molecule has 2 N–H and O–H groups in total. The average Bonchev–Trinajstić information content (AvgIpc) is 2.39. The standard InChI is InChI=1S/C11H17BrN4O3/c1-7(10(17)13-4-5-19-3)15-8-6-14-16(2)11(18)9(8)12/h6-7,15H,4-5H2,1-3H3,(H,13,17). The summed E-state index contributed by atoms with van der Waals surface area (Å²) in [6, 6.07) is -0.484. The van der Waals surface area contributed by atoms with E-state index in [1.165, 1.54) is 10.9 Å². The zero-order valence-corrected chi connectivity index (χ0v) is 12.7. The van der Waals surface area contributed by atoms with Crippen LogP contribution in [0.25, 0.3) is 0 Å². The minimum atomic E-state index is -0.484. The minimum Gasteiger partial charge on any atom is -0.383 e. The summed E-state index contributed by atoms with van der Waals surface area (Å²) in [5, 5.41) is 9.52. The van der Waals surface area contributed by atoms with Crippen molar-refractivity contribution in [2.75, 3.05) is 25.6 Å². The van der Waals surface area contributed by atoms with Gasteiger partial charge in [0.15, 0.2) is 0 Å². The van der Waals surface area contributed by atoms with Crippen molar-refractivity contribution >= 4 is 27.5 Å². The first-order chi connectivity index (χ1) is 8.97. The highest BCUT2D eigenvalue weighted by atomic mass is 79.9. The van der Waals surface area contributed by atoms with Gasteiger partial charge in [-0.05, 0) is 22.9 Å². The SMILES string of the molecule is COCCNC(=O)C(C)Nc1cnn(C)c(=O)c1Br. The van der Waals surface area contributed by atoms with Crippen molar-refractivity contribution in [3.63, 3.8) is 0 Å². The lowest BCUT2D eigenvalue weighted by Crippen LogP contribution is -2.39. The molecule has 1 atom stereocenters. The lowest BCUT2D eigenvalue weighted by molar-refractivity contribution is -0.121. The normalized spacial score (nSPS) is 12.0. The van der Waals surface area contributed by atoms with Crippen LogP contribution >= 0.6 is 15.9 Å². The van der Waals surface area contributed by atoms with E-state index in [-0.39, 0.29) is 11.5 Å². The van der Waals surface area contributed by atoms with E-state index in [9.17, 15) is 9.59 Å². The number of nitrogens with zero attached hydrogens (tertiary/aromatic N) is 2. The summed E-state index contributed by atoms with van der Waals surface area (Å²) < 4.78 is 6.40. The molecule has 0 aliphatic carbocycles. The molecule has 19 heavy (non-hydrogen) atoms. The van der Waals surface area contributed by atoms with Gasteiger partial charge in [-0.25, -0.2) is 4.68 Å². The van der Waals surface area contributed by atoms with Crippen LogP contribution in [0, 0.1) is 0 Å². The molecular formula is C11H17BrN4O3.